The topological polar surface area (TPSA) is 35.2 Å². The molecular weight excluding hydrogens is 268 g/mol. The van der Waals surface area contributed by atoms with Crippen LogP contribution in [0.2, 0.25) is 0 Å². The fourth-order valence-electron chi connectivity index (χ4n) is 1.56. The minimum atomic E-state index is -0.497. The van der Waals surface area contributed by atoms with E-state index in [2.05, 4.69) is 0 Å². The summed E-state index contributed by atoms with van der Waals surface area (Å²) in [4.78, 5) is 1.33. The van der Waals surface area contributed by atoms with E-state index in [1.54, 1.807) is 19.1 Å². The summed E-state index contributed by atoms with van der Waals surface area (Å²) in [6, 6.07) is 8.88. The van der Waals surface area contributed by atoms with E-state index < -0.39 is 5.82 Å². The zero-order valence-electron chi connectivity index (χ0n) is 10.3. The first-order chi connectivity index (χ1) is 9.10. The van der Waals surface area contributed by atoms with Gasteiger partial charge in [0.1, 0.15) is 5.82 Å². The molecular formula is C14H13F2NOS. The molecule has 0 amide bonds. The van der Waals surface area contributed by atoms with E-state index in [4.69, 9.17) is 10.5 Å². The second-order valence-electron chi connectivity index (χ2n) is 3.81. The molecule has 2 aromatic rings. The molecule has 0 aliphatic heterocycles. The van der Waals surface area contributed by atoms with Crippen molar-refractivity contribution < 1.29 is 13.5 Å². The van der Waals surface area contributed by atoms with Crippen LogP contribution in [-0.4, -0.2) is 6.61 Å². The normalized spacial score (nSPS) is 10.5. The van der Waals surface area contributed by atoms with Crippen LogP contribution in [0, 0.1) is 11.6 Å². The van der Waals surface area contributed by atoms with Gasteiger partial charge in [0.15, 0.2) is 11.6 Å². The molecule has 0 radical (unpaired) electrons. The van der Waals surface area contributed by atoms with Crippen molar-refractivity contribution in [1.82, 2.24) is 0 Å². The maximum atomic E-state index is 13.5. The van der Waals surface area contributed by atoms with Gasteiger partial charge in [0.05, 0.1) is 6.61 Å². The molecule has 5 heteroatoms. The maximum absolute atomic E-state index is 13.5. The molecule has 0 bridgehead atoms. The Kier molecular flexibility index (Phi) is 4.27. The molecule has 0 heterocycles. The molecule has 0 saturated heterocycles. The lowest BCUT2D eigenvalue weighted by Gasteiger charge is -2.10. The smallest absolute Gasteiger partial charge is 0.167 e. The summed E-state index contributed by atoms with van der Waals surface area (Å²) in [5, 5.41) is 0. The van der Waals surface area contributed by atoms with Crippen LogP contribution in [0.4, 0.5) is 14.5 Å². The van der Waals surface area contributed by atoms with Crippen LogP contribution in [0.1, 0.15) is 6.92 Å². The van der Waals surface area contributed by atoms with Crippen molar-refractivity contribution in [1.29, 1.82) is 0 Å². The number of hydrogen-bond acceptors (Lipinski definition) is 3. The average molecular weight is 281 g/mol. The fourth-order valence-corrected chi connectivity index (χ4v) is 2.48. The number of ether oxygens (including phenoxy) is 1. The Morgan fingerprint density at radius 3 is 2.68 bits per heavy atom. The number of hydrogen-bond donors (Lipinski definition) is 1. The molecule has 0 aliphatic carbocycles. The number of halogens is 2. The van der Waals surface area contributed by atoms with Gasteiger partial charge in [-0.3, -0.25) is 0 Å². The molecule has 0 atom stereocenters. The molecule has 0 aromatic heterocycles. The lowest BCUT2D eigenvalue weighted by Crippen LogP contribution is -1.97. The van der Waals surface area contributed by atoms with Gasteiger partial charge in [-0.25, -0.2) is 8.78 Å². The lowest BCUT2D eigenvalue weighted by molar-refractivity contribution is 0.321. The van der Waals surface area contributed by atoms with E-state index in [0.29, 0.717) is 22.1 Å². The molecule has 0 fully saturated rings. The van der Waals surface area contributed by atoms with Gasteiger partial charge in [0.2, 0.25) is 0 Å². The van der Waals surface area contributed by atoms with E-state index >= 15 is 0 Å². The van der Waals surface area contributed by atoms with Crippen LogP contribution in [0.15, 0.2) is 46.2 Å². The average Bonchev–Trinajstić information content (AvgIpc) is 2.35. The maximum Gasteiger partial charge on any atom is 0.167 e. The fraction of sp³-hybridized carbons (Fsp3) is 0.143. The molecule has 19 heavy (non-hydrogen) atoms. The quantitative estimate of drug-likeness (QED) is 0.857. The van der Waals surface area contributed by atoms with Crippen molar-refractivity contribution in [3.63, 3.8) is 0 Å². The zero-order chi connectivity index (χ0) is 13.8. The highest BCUT2D eigenvalue weighted by atomic mass is 32.2. The first-order valence-electron chi connectivity index (χ1n) is 5.75. The van der Waals surface area contributed by atoms with Crippen LogP contribution in [0.25, 0.3) is 0 Å². The number of anilines is 1. The third-order valence-corrected chi connectivity index (χ3v) is 3.45. The molecule has 0 spiro atoms. The first kappa shape index (κ1) is 13.7. The second-order valence-corrected chi connectivity index (χ2v) is 4.93. The van der Waals surface area contributed by atoms with Crippen LogP contribution >= 0.6 is 11.8 Å². The molecule has 100 valence electrons. The summed E-state index contributed by atoms with van der Waals surface area (Å²) >= 11 is 1.27. The van der Waals surface area contributed by atoms with Crippen LogP contribution in [0.5, 0.6) is 5.75 Å². The highest BCUT2D eigenvalue weighted by molar-refractivity contribution is 7.99. The Labute approximate surface area is 114 Å². The largest absolute Gasteiger partial charge is 0.491 e. The Balaban J connectivity index is 2.31. The summed E-state index contributed by atoms with van der Waals surface area (Å²) in [6.07, 6.45) is 0. The van der Waals surface area contributed by atoms with E-state index in [0.717, 1.165) is 0 Å². The van der Waals surface area contributed by atoms with E-state index in [1.165, 1.54) is 36.0 Å². The van der Waals surface area contributed by atoms with E-state index in [-0.39, 0.29) is 11.6 Å². The van der Waals surface area contributed by atoms with Gasteiger partial charge in [0, 0.05) is 21.5 Å². The summed E-state index contributed by atoms with van der Waals surface area (Å²) in [7, 11) is 0. The standard InChI is InChI=1S/C14H13F2NOS/c1-2-18-13-8-14(12(17)7-11(13)16)19-10-5-3-4-9(15)6-10/h3-8H,2,17H2,1H3. The summed E-state index contributed by atoms with van der Waals surface area (Å²) < 4.78 is 31.8. The molecule has 0 saturated carbocycles. The summed E-state index contributed by atoms with van der Waals surface area (Å²) in [5.41, 5.74) is 6.06. The summed E-state index contributed by atoms with van der Waals surface area (Å²) in [6.45, 7) is 2.14. The Morgan fingerprint density at radius 1 is 1.21 bits per heavy atom. The third kappa shape index (κ3) is 3.38. The second kappa shape index (κ2) is 5.93. The van der Waals surface area contributed by atoms with Gasteiger partial charge in [-0.1, -0.05) is 17.8 Å². The van der Waals surface area contributed by atoms with Crippen LogP contribution in [-0.2, 0) is 0 Å². The van der Waals surface area contributed by atoms with Gasteiger partial charge in [-0.2, -0.15) is 0 Å². The van der Waals surface area contributed by atoms with Crippen molar-refractivity contribution >= 4 is 17.4 Å². The highest BCUT2D eigenvalue weighted by Gasteiger charge is 2.10. The van der Waals surface area contributed by atoms with E-state index in [9.17, 15) is 8.78 Å². The lowest BCUT2D eigenvalue weighted by atomic mass is 10.3. The number of benzene rings is 2. The van der Waals surface area contributed by atoms with Crippen molar-refractivity contribution in [3.05, 3.63) is 48.0 Å². The van der Waals surface area contributed by atoms with Crippen molar-refractivity contribution in [2.75, 3.05) is 12.3 Å². The number of rotatable bonds is 4. The zero-order valence-corrected chi connectivity index (χ0v) is 11.1. The van der Waals surface area contributed by atoms with E-state index in [1.807, 2.05) is 0 Å². The van der Waals surface area contributed by atoms with Gasteiger partial charge >= 0.3 is 0 Å². The molecule has 0 aliphatic rings. The predicted octanol–water partition coefficient (Wildman–Crippen LogP) is 4.10. The minimum Gasteiger partial charge on any atom is -0.491 e. The molecule has 2 aromatic carbocycles. The molecule has 2 nitrogen and oxygen atoms in total. The van der Waals surface area contributed by atoms with Gasteiger partial charge in [-0.05, 0) is 31.2 Å². The Bertz CT molecular complexity index is 590. The molecule has 2 rings (SSSR count). The van der Waals surface area contributed by atoms with Crippen molar-refractivity contribution in [3.8, 4) is 5.75 Å². The monoisotopic (exact) mass is 281 g/mol. The van der Waals surface area contributed by atoms with Crippen LogP contribution in [0.3, 0.4) is 0 Å². The summed E-state index contributed by atoms with van der Waals surface area (Å²) in [5.74, 6) is -0.672. The molecule has 0 unspecified atom stereocenters. The third-order valence-electron chi connectivity index (χ3n) is 2.39. The highest BCUT2D eigenvalue weighted by Crippen LogP contribution is 2.36. The molecule has 2 N–H and O–H groups in total. The van der Waals surface area contributed by atoms with Gasteiger partial charge in [-0.15, -0.1) is 0 Å². The predicted molar refractivity (Wildman–Crippen MR) is 72.5 cm³/mol. The Hall–Kier alpha value is -1.75. The first-order valence-corrected chi connectivity index (χ1v) is 6.57. The number of nitrogen functional groups attached to an aromatic ring is 1. The Morgan fingerprint density at radius 2 is 2.00 bits per heavy atom. The van der Waals surface area contributed by atoms with Crippen LogP contribution < -0.4 is 10.5 Å². The van der Waals surface area contributed by atoms with Gasteiger partial charge in [0.25, 0.3) is 0 Å². The van der Waals surface area contributed by atoms with Gasteiger partial charge < -0.3 is 10.5 Å². The SMILES string of the molecule is CCOc1cc(Sc2cccc(F)c2)c(N)cc1F. The minimum absolute atomic E-state index is 0.149. The van der Waals surface area contributed by atoms with Crippen molar-refractivity contribution in [2.24, 2.45) is 0 Å². The number of nitrogens with two attached hydrogens (primary N) is 1. The van der Waals surface area contributed by atoms with Crippen molar-refractivity contribution in [2.45, 2.75) is 16.7 Å².